The van der Waals surface area contributed by atoms with Crippen molar-refractivity contribution in [2.75, 3.05) is 19.6 Å². The van der Waals surface area contributed by atoms with Crippen molar-refractivity contribution in [3.8, 4) is 0 Å². The van der Waals surface area contributed by atoms with Gasteiger partial charge in [-0.1, -0.05) is 22.5 Å². The van der Waals surface area contributed by atoms with Crippen molar-refractivity contribution in [1.29, 1.82) is 0 Å². The second kappa shape index (κ2) is 5.15. The van der Waals surface area contributed by atoms with E-state index in [1.807, 2.05) is 17.9 Å². The van der Waals surface area contributed by atoms with Crippen LogP contribution in [0.5, 0.6) is 0 Å². The third kappa shape index (κ3) is 3.19. The van der Waals surface area contributed by atoms with E-state index in [1.165, 1.54) is 25.1 Å². The summed E-state index contributed by atoms with van der Waals surface area (Å²) < 4.78 is 2.96. The van der Waals surface area contributed by atoms with Crippen molar-refractivity contribution in [3.05, 3.63) is 29.0 Å². The van der Waals surface area contributed by atoms with E-state index in [0.29, 0.717) is 0 Å². The molecule has 0 radical (unpaired) electrons. The van der Waals surface area contributed by atoms with E-state index in [2.05, 4.69) is 38.7 Å². The van der Waals surface area contributed by atoms with E-state index in [0.717, 1.165) is 23.4 Å². The van der Waals surface area contributed by atoms with Crippen LogP contribution in [0.1, 0.15) is 12.0 Å². The van der Waals surface area contributed by atoms with Crippen molar-refractivity contribution in [3.63, 3.8) is 0 Å². The van der Waals surface area contributed by atoms with Gasteiger partial charge >= 0.3 is 0 Å². The monoisotopic (exact) mass is 283 g/mol. The molecule has 1 saturated heterocycles. The van der Waals surface area contributed by atoms with Crippen LogP contribution in [-0.2, 0) is 13.5 Å². The van der Waals surface area contributed by atoms with Crippen molar-refractivity contribution in [2.24, 2.45) is 13.0 Å². The topological polar surface area (TPSA) is 21.1 Å². The van der Waals surface area contributed by atoms with Crippen LogP contribution < -0.4 is 0 Å². The zero-order valence-corrected chi connectivity index (χ0v) is 11.3. The molecule has 0 bridgehead atoms. The van der Waals surface area contributed by atoms with Crippen LogP contribution in [-0.4, -0.2) is 34.3 Å². The number of halogens is 1. The first-order chi connectivity index (χ1) is 7.63. The molecule has 2 heterocycles. The Morgan fingerprint density at radius 3 is 3.12 bits per heavy atom. The van der Waals surface area contributed by atoms with Gasteiger partial charge in [-0.05, 0) is 30.9 Å². The van der Waals surface area contributed by atoms with Gasteiger partial charge in [-0.15, -0.1) is 0 Å². The van der Waals surface area contributed by atoms with E-state index in [9.17, 15) is 0 Å². The summed E-state index contributed by atoms with van der Waals surface area (Å²) in [5.74, 6) is 0.774. The van der Waals surface area contributed by atoms with Crippen LogP contribution in [0.15, 0.2) is 23.5 Å². The van der Waals surface area contributed by atoms with E-state index in [4.69, 9.17) is 0 Å². The van der Waals surface area contributed by atoms with Gasteiger partial charge in [0.25, 0.3) is 0 Å². The maximum absolute atomic E-state index is 4.21. The summed E-state index contributed by atoms with van der Waals surface area (Å²) in [7, 11) is 1.97. The van der Waals surface area contributed by atoms with Crippen molar-refractivity contribution < 1.29 is 0 Å². The number of aryl methyl sites for hydroxylation is 1. The normalized spacial score (nSPS) is 21.5. The molecule has 4 heteroatoms. The molecule has 1 fully saturated rings. The van der Waals surface area contributed by atoms with Gasteiger partial charge in [-0.2, -0.15) is 5.10 Å². The number of hydrogen-bond donors (Lipinski definition) is 0. The van der Waals surface area contributed by atoms with Gasteiger partial charge in [0.2, 0.25) is 0 Å². The molecule has 88 valence electrons. The molecule has 1 aromatic heterocycles. The maximum Gasteiger partial charge on any atom is 0.0521 e. The molecular formula is C12H18BrN3. The third-order valence-corrected chi connectivity index (χ3v) is 3.30. The number of aromatic nitrogens is 2. The fraction of sp³-hybridized carbons (Fsp3) is 0.583. The predicted molar refractivity (Wildman–Crippen MR) is 69.5 cm³/mol. The minimum atomic E-state index is 0.774. The minimum Gasteiger partial charge on any atom is -0.298 e. The first kappa shape index (κ1) is 11.9. The van der Waals surface area contributed by atoms with Crippen LogP contribution >= 0.6 is 15.9 Å². The molecule has 3 nitrogen and oxygen atoms in total. The Balaban J connectivity index is 1.82. The SMILES string of the molecule is C=C(Br)CN1CC[C@H](Cc2cnn(C)c2)C1. The summed E-state index contributed by atoms with van der Waals surface area (Å²) in [5.41, 5.74) is 1.35. The molecule has 0 unspecified atom stereocenters. The number of nitrogens with zero attached hydrogens (tertiary/aromatic N) is 3. The van der Waals surface area contributed by atoms with Gasteiger partial charge in [0, 0.05) is 30.8 Å². The van der Waals surface area contributed by atoms with Gasteiger partial charge in [0.05, 0.1) is 6.20 Å². The van der Waals surface area contributed by atoms with Crippen LogP contribution in [0.3, 0.4) is 0 Å². The molecule has 0 amide bonds. The average Bonchev–Trinajstić information content (AvgIpc) is 2.76. The number of rotatable bonds is 4. The summed E-state index contributed by atoms with van der Waals surface area (Å²) in [6.07, 6.45) is 6.53. The fourth-order valence-electron chi connectivity index (χ4n) is 2.38. The van der Waals surface area contributed by atoms with Gasteiger partial charge in [0.15, 0.2) is 0 Å². The van der Waals surface area contributed by atoms with Gasteiger partial charge in [-0.25, -0.2) is 0 Å². The standard InChI is InChI=1S/C12H18BrN3/c1-10(13)7-16-4-3-11(9-16)5-12-6-14-15(2)8-12/h6,8,11H,1,3-5,7,9H2,2H3/t11-/m1/s1. The Morgan fingerprint density at radius 1 is 1.69 bits per heavy atom. The molecule has 0 saturated carbocycles. The van der Waals surface area contributed by atoms with Crippen LogP contribution in [0, 0.1) is 5.92 Å². The van der Waals surface area contributed by atoms with E-state index in [-0.39, 0.29) is 0 Å². The maximum atomic E-state index is 4.21. The highest BCUT2D eigenvalue weighted by Crippen LogP contribution is 2.21. The first-order valence-electron chi connectivity index (χ1n) is 5.66. The molecule has 1 aliphatic rings. The first-order valence-corrected chi connectivity index (χ1v) is 6.46. The lowest BCUT2D eigenvalue weighted by Crippen LogP contribution is -2.22. The minimum absolute atomic E-state index is 0.774. The predicted octanol–water partition coefficient (Wildman–Crippen LogP) is 2.19. The average molecular weight is 284 g/mol. The summed E-state index contributed by atoms with van der Waals surface area (Å²) in [4.78, 5) is 2.46. The Bertz CT molecular complexity index is 372. The summed E-state index contributed by atoms with van der Waals surface area (Å²) in [5, 5.41) is 4.21. The van der Waals surface area contributed by atoms with E-state index in [1.54, 1.807) is 0 Å². The molecular weight excluding hydrogens is 266 g/mol. The second-order valence-electron chi connectivity index (χ2n) is 4.63. The Labute approximate surface area is 105 Å². The van der Waals surface area contributed by atoms with Crippen LogP contribution in [0.4, 0.5) is 0 Å². The largest absolute Gasteiger partial charge is 0.298 e. The molecule has 1 aromatic rings. The van der Waals surface area contributed by atoms with Crippen molar-refractivity contribution in [2.45, 2.75) is 12.8 Å². The summed E-state index contributed by atoms with van der Waals surface area (Å²) in [6.45, 7) is 7.24. The zero-order valence-electron chi connectivity index (χ0n) is 9.69. The molecule has 0 N–H and O–H groups in total. The lowest BCUT2D eigenvalue weighted by atomic mass is 10.0. The van der Waals surface area contributed by atoms with Gasteiger partial charge in [-0.3, -0.25) is 9.58 Å². The molecule has 16 heavy (non-hydrogen) atoms. The Hall–Kier alpha value is -0.610. The zero-order chi connectivity index (χ0) is 11.5. The molecule has 0 aliphatic carbocycles. The van der Waals surface area contributed by atoms with Gasteiger partial charge < -0.3 is 0 Å². The Kier molecular flexibility index (Phi) is 3.82. The highest BCUT2D eigenvalue weighted by atomic mass is 79.9. The fourth-order valence-corrected chi connectivity index (χ4v) is 2.73. The lowest BCUT2D eigenvalue weighted by molar-refractivity contribution is 0.357. The quantitative estimate of drug-likeness (QED) is 0.845. The highest BCUT2D eigenvalue weighted by Gasteiger charge is 2.22. The highest BCUT2D eigenvalue weighted by molar-refractivity contribution is 9.11. The Morgan fingerprint density at radius 2 is 2.50 bits per heavy atom. The van der Waals surface area contributed by atoms with Crippen molar-refractivity contribution in [1.82, 2.24) is 14.7 Å². The van der Waals surface area contributed by atoms with E-state index < -0.39 is 0 Å². The third-order valence-electron chi connectivity index (χ3n) is 3.05. The molecule has 1 atom stereocenters. The van der Waals surface area contributed by atoms with E-state index >= 15 is 0 Å². The number of hydrogen-bond acceptors (Lipinski definition) is 2. The van der Waals surface area contributed by atoms with Crippen LogP contribution in [0.25, 0.3) is 0 Å². The summed E-state index contributed by atoms with van der Waals surface area (Å²) in [6, 6.07) is 0. The second-order valence-corrected chi connectivity index (χ2v) is 5.75. The van der Waals surface area contributed by atoms with Crippen molar-refractivity contribution >= 4 is 15.9 Å². The molecule has 2 rings (SSSR count). The molecule has 0 spiro atoms. The smallest absolute Gasteiger partial charge is 0.0521 e. The van der Waals surface area contributed by atoms with Gasteiger partial charge in [0.1, 0.15) is 0 Å². The number of likely N-dealkylation sites (tertiary alicyclic amines) is 1. The molecule has 1 aliphatic heterocycles. The summed E-state index contributed by atoms with van der Waals surface area (Å²) >= 11 is 3.43. The lowest BCUT2D eigenvalue weighted by Gasteiger charge is -2.14. The molecule has 0 aromatic carbocycles. The van der Waals surface area contributed by atoms with Crippen LogP contribution in [0.2, 0.25) is 0 Å².